The molecular formula is C57H32N4S3. The molecule has 0 radical (unpaired) electrons. The van der Waals surface area contributed by atoms with Crippen LogP contribution in [-0.2, 0) is 5.41 Å². The van der Waals surface area contributed by atoms with Crippen LogP contribution in [0.15, 0.2) is 204 Å². The molecule has 298 valence electrons. The van der Waals surface area contributed by atoms with Crippen molar-refractivity contribution in [2.45, 2.75) is 15.2 Å². The lowest BCUT2D eigenvalue weighted by Gasteiger charge is -2.39. The number of rotatable bonds is 4. The summed E-state index contributed by atoms with van der Waals surface area (Å²) in [5.41, 5.74) is 17.8. The Bertz CT molecular complexity index is 3720. The second kappa shape index (κ2) is 13.9. The highest BCUT2D eigenvalue weighted by atomic mass is 32.2. The first-order valence-electron chi connectivity index (χ1n) is 21.3. The molecule has 0 saturated carbocycles. The van der Waals surface area contributed by atoms with Crippen LogP contribution in [0.5, 0.6) is 0 Å². The molecule has 0 atom stereocenters. The van der Waals surface area contributed by atoms with Gasteiger partial charge in [0.05, 0.1) is 36.9 Å². The van der Waals surface area contributed by atoms with Gasteiger partial charge in [0.25, 0.3) is 0 Å². The zero-order chi connectivity index (χ0) is 41.9. The predicted molar refractivity (Wildman–Crippen MR) is 267 cm³/mol. The van der Waals surface area contributed by atoms with E-state index < -0.39 is 0 Å². The number of hydrogen-bond donors (Lipinski definition) is 0. The van der Waals surface area contributed by atoms with E-state index in [-0.39, 0.29) is 5.41 Å². The number of hydrogen-bond acceptors (Lipinski definition) is 7. The molecule has 0 bridgehead atoms. The molecule has 1 aliphatic heterocycles. The van der Waals surface area contributed by atoms with Gasteiger partial charge in [-0.15, -0.1) is 22.7 Å². The molecule has 4 aromatic heterocycles. The van der Waals surface area contributed by atoms with Gasteiger partial charge in [0.15, 0.2) is 0 Å². The Balaban J connectivity index is 0.866. The van der Waals surface area contributed by atoms with Crippen molar-refractivity contribution in [2.24, 2.45) is 0 Å². The summed E-state index contributed by atoms with van der Waals surface area (Å²) in [4.78, 5) is 23.0. The minimum Gasteiger partial charge on any atom is -0.253 e. The average molecular weight is 869 g/mol. The van der Waals surface area contributed by atoms with Crippen molar-refractivity contribution < 1.29 is 0 Å². The van der Waals surface area contributed by atoms with Crippen molar-refractivity contribution in [3.63, 3.8) is 0 Å². The van der Waals surface area contributed by atoms with E-state index in [9.17, 15) is 0 Å². The molecule has 1 spiro atoms. The van der Waals surface area contributed by atoms with Gasteiger partial charge < -0.3 is 0 Å². The number of fused-ring (bicyclic) bond motifs is 14. The Kier molecular flexibility index (Phi) is 7.84. The van der Waals surface area contributed by atoms with Gasteiger partial charge >= 0.3 is 0 Å². The second-order valence-corrected chi connectivity index (χ2v) is 19.7. The van der Waals surface area contributed by atoms with Crippen LogP contribution < -0.4 is 0 Å². The number of aromatic nitrogens is 4. The van der Waals surface area contributed by atoms with Gasteiger partial charge in [-0.25, -0.2) is 9.97 Å². The zero-order valence-electron chi connectivity index (χ0n) is 34.0. The molecule has 0 amide bonds. The smallest absolute Gasteiger partial charge is 0.124 e. The maximum atomic E-state index is 5.14. The highest BCUT2D eigenvalue weighted by Crippen LogP contribution is 2.62. The summed E-state index contributed by atoms with van der Waals surface area (Å²) in [5.74, 6) is 0. The molecule has 5 heterocycles. The molecule has 7 heteroatoms. The summed E-state index contributed by atoms with van der Waals surface area (Å²) in [5, 5.41) is 4.08. The van der Waals surface area contributed by atoms with E-state index in [1.165, 1.54) is 52.6 Å². The average Bonchev–Trinajstić information content (AvgIpc) is 4.07. The zero-order valence-corrected chi connectivity index (χ0v) is 36.4. The topological polar surface area (TPSA) is 51.6 Å². The van der Waals surface area contributed by atoms with Crippen LogP contribution in [0.2, 0.25) is 0 Å². The molecule has 2 aliphatic rings. The van der Waals surface area contributed by atoms with E-state index in [0.717, 1.165) is 76.2 Å². The van der Waals surface area contributed by atoms with E-state index >= 15 is 0 Å². The highest BCUT2D eigenvalue weighted by Gasteiger charge is 2.50. The summed E-state index contributed by atoms with van der Waals surface area (Å²) in [7, 11) is 0. The van der Waals surface area contributed by atoms with Gasteiger partial charge in [-0.2, -0.15) is 0 Å². The molecule has 64 heavy (non-hydrogen) atoms. The van der Waals surface area contributed by atoms with Gasteiger partial charge in [0.1, 0.15) is 10.0 Å². The number of thiazole rings is 2. The second-order valence-electron chi connectivity index (χ2n) is 16.6. The molecule has 4 nitrogen and oxygen atoms in total. The maximum absolute atomic E-state index is 5.14. The molecule has 14 rings (SSSR count). The maximum Gasteiger partial charge on any atom is 0.124 e. The molecule has 12 aromatic rings. The van der Waals surface area contributed by atoms with E-state index in [1.54, 1.807) is 22.7 Å². The van der Waals surface area contributed by atoms with Gasteiger partial charge in [-0.3, -0.25) is 9.97 Å². The van der Waals surface area contributed by atoms with E-state index in [2.05, 4.69) is 170 Å². The lowest BCUT2D eigenvalue weighted by Crippen LogP contribution is -2.31. The lowest BCUT2D eigenvalue weighted by molar-refractivity contribution is 0.722. The lowest BCUT2D eigenvalue weighted by atomic mass is 9.67. The summed E-state index contributed by atoms with van der Waals surface area (Å²) in [6, 6.07) is 66.2. The SMILES string of the molecule is c1ccc2c(c1)Sc1ccccc1C21c2ccccc2-c2cc(-c3cnc4c(ccc5cc(-c6cc(-c7nc8ccccc8s7)cc(-c7nc8ccccc8s7)c6)cnc54)c3)ccc21. The van der Waals surface area contributed by atoms with Gasteiger partial charge in [0.2, 0.25) is 0 Å². The van der Waals surface area contributed by atoms with Crippen LogP contribution >= 0.6 is 34.4 Å². The normalized spacial score (nSPS) is 13.4. The standard InChI is InChI=1S/C57H32N4S3/c1-2-12-43-41(11-1)42-30-33(23-24-44(42)57(43)45-13-3-7-17-49(45)62-50-18-8-4-14-46(50)57)39-25-34-21-22-35-26-40(32-59-54(35)53(34)58-31-39)36-27-37(55-60-47-15-5-9-19-51(47)63-55)29-38(28-36)56-61-48-16-6-10-20-52(48)64-56/h1-32H. The summed E-state index contributed by atoms with van der Waals surface area (Å²) in [6.45, 7) is 0. The van der Waals surface area contributed by atoms with Crippen LogP contribution in [0, 0.1) is 0 Å². The quantitative estimate of drug-likeness (QED) is 0.165. The van der Waals surface area contributed by atoms with Crippen LogP contribution in [0.3, 0.4) is 0 Å². The number of para-hydroxylation sites is 2. The van der Waals surface area contributed by atoms with Crippen LogP contribution in [0.25, 0.3) is 96.8 Å². The summed E-state index contributed by atoms with van der Waals surface area (Å²) < 4.78 is 2.34. The number of nitrogens with zero attached hydrogens (tertiary/aromatic N) is 4. The Morgan fingerprint density at radius 3 is 1.47 bits per heavy atom. The van der Waals surface area contributed by atoms with Crippen molar-refractivity contribution >= 4 is 76.7 Å². The van der Waals surface area contributed by atoms with Crippen molar-refractivity contribution in [1.29, 1.82) is 0 Å². The Morgan fingerprint density at radius 2 is 0.859 bits per heavy atom. The molecule has 0 N–H and O–H groups in total. The first kappa shape index (κ1) is 36.2. The molecule has 8 aromatic carbocycles. The fourth-order valence-electron chi connectivity index (χ4n) is 10.2. The molecule has 0 unspecified atom stereocenters. The fraction of sp³-hybridized carbons (Fsp3) is 0.0175. The first-order valence-corrected chi connectivity index (χ1v) is 23.8. The Morgan fingerprint density at radius 1 is 0.359 bits per heavy atom. The highest BCUT2D eigenvalue weighted by molar-refractivity contribution is 7.99. The van der Waals surface area contributed by atoms with Crippen LogP contribution in [0.4, 0.5) is 0 Å². The van der Waals surface area contributed by atoms with Gasteiger partial charge in [-0.1, -0.05) is 121 Å². The third kappa shape index (κ3) is 5.35. The molecule has 0 saturated heterocycles. The largest absolute Gasteiger partial charge is 0.253 e. The van der Waals surface area contributed by atoms with Crippen LogP contribution in [0.1, 0.15) is 22.3 Å². The monoisotopic (exact) mass is 868 g/mol. The first-order chi connectivity index (χ1) is 31.7. The molecular weight excluding hydrogens is 837 g/mol. The molecule has 1 aliphatic carbocycles. The summed E-state index contributed by atoms with van der Waals surface area (Å²) in [6.07, 6.45) is 4.01. The van der Waals surface area contributed by atoms with Crippen molar-refractivity contribution in [3.05, 3.63) is 217 Å². The summed E-state index contributed by atoms with van der Waals surface area (Å²) >= 11 is 5.31. The van der Waals surface area contributed by atoms with Crippen molar-refractivity contribution in [2.75, 3.05) is 0 Å². The van der Waals surface area contributed by atoms with Crippen LogP contribution in [-0.4, -0.2) is 19.9 Å². The molecule has 0 fully saturated rings. The third-order valence-corrected chi connectivity index (χ3v) is 16.4. The van der Waals surface area contributed by atoms with Crippen molar-refractivity contribution in [3.8, 4) is 54.5 Å². The predicted octanol–water partition coefficient (Wildman–Crippen LogP) is 15.5. The fourth-order valence-corrected chi connectivity index (χ4v) is 13.3. The van der Waals surface area contributed by atoms with E-state index in [4.69, 9.17) is 19.9 Å². The van der Waals surface area contributed by atoms with Gasteiger partial charge in [-0.05, 0) is 117 Å². The Hall–Kier alpha value is -7.29. The van der Waals surface area contributed by atoms with E-state index in [1.807, 2.05) is 36.3 Å². The number of benzene rings is 8. The minimum absolute atomic E-state index is 0.387. The van der Waals surface area contributed by atoms with Crippen molar-refractivity contribution in [1.82, 2.24) is 19.9 Å². The van der Waals surface area contributed by atoms with Gasteiger partial charge in [0, 0.05) is 55.2 Å². The Labute approximate surface area is 380 Å². The van der Waals surface area contributed by atoms with E-state index in [0.29, 0.717) is 0 Å². The third-order valence-electron chi connectivity index (χ3n) is 13.0. The minimum atomic E-state index is -0.387. The number of pyridine rings is 2.